The van der Waals surface area contributed by atoms with E-state index in [0.717, 1.165) is 16.3 Å². The van der Waals surface area contributed by atoms with E-state index in [1.54, 1.807) is 31.2 Å². The second-order valence-corrected chi connectivity index (χ2v) is 10.4. The smallest absolute Gasteiger partial charge is 0.242 e. The van der Waals surface area contributed by atoms with Crippen molar-refractivity contribution in [3.05, 3.63) is 58.6 Å². The number of anilines is 1. The number of benzene rings is 2. The maximum atomic E-state index is 13.1. The van der Waals surface area contributed by atoms with Gasteiger partial charge < -0.3 is 15.0 Å². The first-order chi connectivity index (χ1) is 15.6. The fraction of sp³-hybridized carbons (Fsp3) is 0.391. The molecule has 0 bridgehead atoms. The van der Waals surface area contributed by atoms with Gasteiger partial charge in [0.1, 0.15) is 11.8 Å². The molecule has 2 rings (SSSR count). The molecule has 0 aliphatic heterocycles. The van der Waals surface area contributed by atoms with Gasteiger partial charge in [-0.1, -0.05) is 28.1 Å². The number of methoxy groups -OCH3 is 1. The third-order valence-electron chi connectivity index (χ3n) is 5.19. The number of rotatable bonds is 11. The van der Waals surface area contributed by atoms with Crippen LogP contribution in [0.5, 0.6) is 5.75 Å². The number of sulfonamides is 1. The van der Waals surface area contributed by atoms with Crippen molar-refractivity contribution >= 4 is 43.5 Å². The Balaban J connectivity index is 2.12. The van der Waals surface area contributed by atoms with Crippen molar-refractivity contribution in [1.29, 1.82) is 0 Å². The first-order valence-corrected chi connectivity index (χ1v) is 13.1. The van der Waals surface area contributed by atoms with Gasteiger partial charge >= 0.3 is 0 Å². The van der Waals surface area contributed by atoms with Crippen LogP contribution in [0.1, 0.15) is 25.3 Å². The van der Waals surface area contributed by atoms with Crippen molar-refractivity contribution < 1.29 is 22.7 Å². The number of halogens is 1. The number of nitrogens with one attached hydrogen (secondary N) is 1. The van der Waals surface area contributed by atoms with Gasteiger partial charge in [0.05, 0.1) is 19.1 Å². The van der Waals surface area contributed by atoms with Gasteiger partial charge in [0.2, 0.25) is 21.8 Å². The maximum Gasteiger partial charge on any atom is 0.242 e. The van der Waals surface area contributed by atoms with Crippen molar-refractivity contribution in [1.82, 2.24) is 10.2 Å². The molecule has 0 heterocycles. The van der Waals surface area contributed by atoms with Crippen LogP contribution in [-0.2, 0) is 26.2 Å². The molecule has 0 aliphatic carbocycles. The summed E-state index contributed by atoms with van der Waals surface area (Å²) in [6.07, 6.45) is 1.53. The van der Waals surface area contributed by atoms with E-state index in [1.165, 1.54) is 23.4 Å². The molecular formula is C23H30BrN3O5S. The molecule has 1 atom stereocenters. The van der Waals surface area contributed by atoms with Crippen LogP contribution in [0.25, 0.3) is 0 Å². The van der Waals surface area contributed by atoms with Gasteiger partial charge in [0.25, 0.3) is 0 Å². The zero-order valence-electron chi connectivity index (χ0n) is 19.2. The number of likely N-dealkylation sites (N-methyl/N-ethyl adjacent to an activating group) is 1. The highest BCUT2D eigenvalue weighted by molar-refractivity contribution is 9.10. The summed E-state index contributed by atoms with van der Waals surface area (Å²) in [6.45, 7) is 2.09. The molecule has 0 unspecified atom stereocenters. The number of hydrogen-bond donors (Lipinski definition) is 1. The van der Waals surface area contributed by atoms with E-state index in [0.29, 0.717) is 17.9 Å². The third-order valence-corrected chi connectivity index (χ3v) is 6.92. The lowest BCUT2D eigenvalue weighted by atomic mass is 10.1. The van der Waals surface area contributed by atoms with Crippen LogP contribution in [0.4, 0.5) is 5.69 Å². The zero-order chi connectivity index (χ0) is 24.6. The van der Waals surface area contributed by atoms with Crippen molar-refractivity contribution in [2.45, 2.75) is 32.4 Å². The molecule has 0 aliphatic rings. The monoisotopic (exact) mass is 539 g/mol. The Bertz CT molecular complexity index is 1040. The van der Waals surface area contributed by atoms with Gasteiger partial charge in [-0.3, -0.25) is 13.9 Å². The number of ether oxygens (including phenoxy) is 1. The SMILES string of the molecule is CNC(=O)[C@@H](C)N(Cc1ccc(Br)cc1)C(=O)CCCN(c1ccc(OC)cc1)S(C)(=O)=O. The summed E-state index contributed by atoms with van der Waals surface area (Å²) in [4.78, 5) is 26.8. The lowest BCUT2D eigenvalue weighted by molar-refractivity contribution is -0.140. The van der Waals surface area contributed by atoms with Crippen LogP contribution in [0, 0.1) is 0 Å². The van der Waals surface area contributed by atoms with Crippen LogP contribution < -0.4 is 14.4 Å². The van der Waals surface area contributed by atoms with E-state index in [-0.39, 0.29) is 31.3 Å². The fourth-order valence-electron chi connectivity index (χ4n) is 3.33. The minimum Gasteiger partial charge on any atom is -0.497 e. The first kappa shape index (κ1) is 26.7. The molecule has 0 radical (unpaired) electrons. The van der Waals surface area contributed by atoms with Crippen LogP contribution in [-0.4, -0.2) is 58.1 Å². The average molecular weight is 540 g/mol. The summed E-state index contributed by atoms with van der Waals surface area (Å²) in [6, 6.07) is 13.5. The summed E-state index contributed by atoms with van der Waals surface area (Å²) in [5.41, 5.74) is 1.38. The topological polar surface area (TPSA) is 96.0 Å². The van der Waals surface area contributed by atoms with E-state index in [4.69, 9.17) is 4.74 Å². The van der Waals surface area contributed by atoms with Gasteiger partial charge in [-0.05, 0) is 55.3 Å². The van der Waals surface area contributed by atoms with E-state index in [1.807, 2.05) is 24.3 Å². The Kier molecular flexibility index (Phi) is 9.72. The standard InChI is InChI=1S/C23H30BrN3O5S/c1-17(23(29)25-2)26(16-18-7-9-19(24)10-8-18)22(28)6-5-15-27(33(4,30)31)20-11-13-21(32-3)14-12-20/h7-14,17H,5-6,15-16H2,1-4H3,(H,25,29)/t17-/m1/s1. The predicted molar refractivity (Wildman–Crippen MR) is 133 cm³/mol. The second kappa shape index (κ2) is 12.0. The molecule has 10 heteroatoms. The molecule has 0 fully saturated rings. The molecule has 2 aromatic carbocycles. The summed E-state index contributed by atoms with van der Waals surface area (Å²) in [5, 5.41) is 2.58. The maximum absolute atomic E-state index is 13.1. The predicted octanol–water partition coefficient (Wildman–Crippen LogP) is 3.17. The van der Waals surface area contributed by atoms with E-state index < -0.39 is 16.1 Å². The summed E-state index contributed by atoms with van der Waals surface area (Å²) >= 11 is 3.39. The number of amides is 2. The van der Waals surface area contributed by atoms with Crippen LogP contribution in [0.15, 0.2) is 53.0 Å². The molecule has 8 nitrogen and oxygen atoms in total. The Morgan fingerprint density at radius 1 is 1.09 bits per heavy atom. The van der Waals surface area contributed by atoms with Gasteiger partial charge in [-0.2, -0.15) is 0 Å². The number of carbonyl (C=O) groups is 2. The van der Waals surface area contributed by atoms with E-state index in [9.17, 15) is 18.0 Å². The molecule has 1 N–H and O–H groups in total. The highest BCUT2D eigenvalue weighted by atomic mass is 79.9. The summed E-state index contributed by atoms with van der Waals surface area (Å²) < 4.78 is 32.0. The Hall–Kier alpha value is -2.59. The summed E-state index contributed by atoms with van der Waals surface area (Å²) in [7, 11) is -0.479. The van der Waals surface area contributed by atoms with Crippen LogP contribution >= 0.6 is 15.9 Å². The highest BCUT2D eigenvalue weighted by Crippen LogP contribution is 2.22. The molecule has 2 amide bonds. The minimum absolute atomic E-state index is 0.0973. The van der Waals surface area contributed by atoms with Crippen molar-refractivity contribution in [2.75, 3.05) is 31.3 Å². The lowest BCUT2D eigenvalue weighted by Crippen LogP contribution is -2.46. The quantitative estimate of drug-likeness (QED) is 0.473. The second-order valence-electron chi connectivity index (χ2n) is 7.58. The fourth-order valence-corrected chi connectivity index (χ4v) is 4.56. The summed E-state index contributed by atoms with van der Waals surface area (Å²) in [5.74, 6) is 0.128. The molecule has 0 spiro atoms. The Labute approximate surface area is 204 Å². The molecular weight excluding hydrogens is 510 g/mol. The van der Waals surface area contributed by atoms with Gasteiger partial charge in [-0.15, -0.1) is 0 Å². The Morgan fingerprint density at radius 3 is 2.21 bits per heavy atom. The van der Waals surface area contributed by atoms with Gasteiger partial charge in [-0.25, -0.2) is 8.42 Å². The number of hydrogen-bond acceptors (Lipinski definition) is 5. The molecule has 180 valence electrons. The molecule has 2 aromatic rings. The average Bonchev–Trinajstić information content (AvgIpc) is 2.79. The molecule has 0 saturated carbocycles. The van der Waals surface area contributed by atoms with Crippen molar-refractivity contribution in [3.63, 3.8) is 0 Å². The van der Waals surface area contributed by atoms with Gasteiger partial charge in [0.15, 0.2) is 0 Å². The normalized spacial score (nSPS) is 12.0. The number of nitrogens with zero attached hydrogens (tertiary/aromatic N) is 2. The van der Waals surface area contributed by atoms with Crippen molar-refractivity contribution in [2.24, 2.45) is 0 Å². The first-order valence-electron chi connectivity index (χ1n) is 10.4. The molecule has 33 heavy (non-hydrogen) atoms. The largest absolute Gasteiger partial charge is 0.497 e. The molecule has 0 saturated heterocycles. The zero-order valence-corrected chi connectivity index (χ0v) is 21.6. The number of carbonyl (C=O) groups excluding carboxylic acids is 2. The van der Waals surface area contributed by atoms with Gasteiger partial charge in [0, 0.05) is 31.0 Å². The van der Waals surface area contributed by atoms with E-state index in [2.05, 4.69) is 21.2 Å². The highest BCUT2D eigenvalue weighted by Gasteiger charge is 2.26. The third kappa shape index (κ3) is 7.75. The molecule has 0 aromatic heterocycles. The Morgan fingerprint density at radius 2 is 1.70 bits per heavy atom. The van der Waals surface area contributed by atoms with E-state index >= 15 is 0 Å². The lowest BCUT2D eigenvalue weighted by Gasteiger charge is -2.29. The van der Waals surface area contributed by atoms with Crippen LogP contribution in [0.2, 0.25) is 0 Å². The minimum atomic E-state index is -3.54. The van der Waals surface area contributed by atoms with Crippen molar-refractivity contribution in [3.8, 4) is 5.75 Å². The van der Waals surface area contributed by atoms with Crippen LogP contribution in [0.3, 0.4) is 0 Å².